The predicted octanol–water partition coefficient (Wildman–Crippen LogP) is 9.99. The monoisotopic (exact) mass is 763 g/mol. The molecular weight excluding hydrogens is 737 g/mol. The zero-order valence-corrected chi connectivity index (χ0v) is 29.8. The van der Waals surface area contributed by atoms with E-state index in [9.17, 15) is 15.0 Å². The molecule has 264 valence electrons. The van der Waals surface area contributed by atoms with Crippen molar-refractivity contribution in [3.05, 3.63) is 171 Å². The number of aromatic hydroxyl groups is 1. The molecule has 53 heavy (non-hydrogen) atoms. The molecule has 0 fully saturated rings. The summed E-state index contributed by atoms with van der Waals surface area (Å²) in [6.07, 6.45) is 2.38. The van der Waals surface area contributed by atoms with Crippen LogP contribution in [0.4, 0.5) is 9.59 Å². The van der Waals surface area contributed by atoms with Gasteiger partial charge >= 0.3 is 12.2 Å². The van der Waals surface area contributed by atoms with E-state index in [2.05, 4.69) is 20.3 Å². The number of benzene rings is 4. The molecular formula is C40H28Cl3N5O5. The lowest BCUT2D eigenvalue weighted by Gasteiger charge is -2.32. The van der Waals surface area contributed by atoms with Gasteiger partial charge in [0.25, 0.3) is 0 Å². The maximum absolute atomic E-state index is 15.0. The lowest BCUT2D eigenvalue weighted by molar-refractivity contribution is 0.134. The summed E-state index contributed by atoms with van der Waals surface area (Å²) >= 11 is 20.2. The zero-order chi connectivity index (χ0) is 37.1. The van der Waals surface area contributed by atoms with Gasteiger partial charge in [0.05, 0.1) is 28.3 Å². The van der Waals surface area contributed by atoms with Crippen LogP contribution in [0.3, 0.4) is 0 Å². The van der Waals surface area contributed by atoms with Crippen molar-refractivity contribution < 1.29 is 24.5 Å². The van der Waals surface area contributed by atoms with E-state index in [4.69, 9.17) is 39.5 Å². The Bertz CT molecular complexity index is 2470. The van der Waals surface area contributed by atoms with Gasteiger partial charge in [0.1, 0.15) is 22.8 Å². The van der Waals surface area contributed by atoms with Crippen molar-refractivity contribution in [2.24, 2.45) is 0 Å². The maximum atomic E-state index is 15.0. The SMILES string of the molecule is O=C(O)NC(c1ccccc1Cl)c1cc(Cl)c2cccnc2c1OC(=O)N(Cc1ccccc1)C(c1ccccn1)c1cc(Cl)c2cccnc2c1O. The number of nitrogens with one attached hydrogen (secondary N) is 1. The Morgan fingerprint density at radius 3 is 2.00 bits per heavy atom. The van der Waals surface area contributed by atoms with E-state index < -0.39 is 24.3 Å². The van der Waals surface area contributed by atoms with Gasteiger partial charge in [-0.25, -0.2) is 9.59 Å². The summed E-state index contributed by atoms with van der Waals surface area (Å²) in [5, 5.41) is 26.1. The average molecular weight is 765 g/mol. The van der Waals surface area contributed by atoms with E-state index in [-0.39, 0.29) is 50.2 Å². The van der Waals surface area contributed by atoms with Crippen LogP contribution in [0.2, 0.25) is 15.1 Å². The lowest BCUT2D eigenvalue weighted by Crippen LogP contribution is -2.38. The highest BCUT2D eigenvalue weighted by Gasteiger charge is 2.35. The number of halogens is 3. The second kappa shape index (κ2) is 15.3. The standard InChI is InChI=1S/C40H28Cl3N5O5/c41-29-15-5-4-12-24(29)33(47-39(50)51)27-20-30(42)26-14-9-19-46-35(26)38(27)53-40(52)48(22-23-10-2-1-3-11-23)36(32-16-6-7-17-44-32)28-21-31(43)25-13-8-18-45-34(25)37(28)49/h1-21,33,36,47,49H,22H2,(H,50,51). The van der Waals surface area contributed by atoms with Crippen LogP contribution in [-0.2, 0) is 6.54 Å². The fraction of sp³-hybridized carbons (Fsp3) is 0.0750. The molecule has 0 spiro atoms. The topological polar surface area (TPSA) is 138 Å². The number of phenolic OH excluding ortho intramolecular Hbond substituents is 1. The number of hydrogen-bond donors (Lipinski definition) is 3. The molecule has 2 unspecified atom stereocenters. The highest BCUT2D eigenvalue weighted by atomic mass is 35.5. The number of carboxylic acid groups (broad SMARTS) is 1. The largest absolute Gasteiger partial charge is 0.505 e. The minimum Gasteiger partial charge on any atom is -0.505 e. The van der Waals surface area contributed by atoms with Crippen LogP contribution in [0.1, 0.15) is 40.0 Å². The van der Waals surface area contributed by atoms with E-state index in [1.807, 2.05) is 30.3 Å². The Labute approximate surface area is 318 Å². The van der Waals surface area contributed by atoms with Gasteiger partial charge in [0.15, 0.2) is 5.75 Å². The molecule has 7 aromatic rings. The third-order valence-electron chi connectivity index (χ3n) is 8.66. The Hall–Kier alpha value is -5.94. The average Bonchev–Trinajstić information content (AvgIpc) is 3.17. The molecule has 4 aromatic carbocycles. The Balaban J connectivity index is 1.45. The number of nitrogens with zero attached hydrogens (tertiary/aromatic N) is 4. The number of carbonyl (C=O) groups excluding carboxylic acids is 1. The summed E-state index contributed by atoms with van der Waals surface area (Å²) in [6, 6.07) is 28.9. The summed E-state index contributed by atoms with van der Waals surface area (Å²) < 4.78 is 6.39. The Morgan fingerprint density at radius 1 is 0.698 bits per heavy atom. The van der Waals surface area contributed by atoms with Gasteiger partial charge in [-0.3, -0.25) is 19.9 Å². The highest BCUT2D eigenvalue weighted by Crippen LogP contribution is 2.44. The molecule has 3 N–H and O–H groups in total. The summed E-state index contributed by atoms with van der Waals surface area (Å²) in [7, 11) is 0. The quantitative estimate of drug-likeness (QED) is 0.132. The van der Waals surface area contributed by atoms with Gasteiger partial charge in [-0.1, -0.05) is 89.4 Å². The molecule has 0 aliphatic heterocycles. The van der Waals surface area contributed by atoms with Crippen LogP contribution in [-0.4, -0.2) is 42.3 Å². The molecule has 0 aliphatic rings. The first kappa shape index (κ1) is 35.5. The third-order valence-corrected chi connectivity index (χ3v) is 9.63. The molecule has 10 nitrogen and oxygen atoms in total. The van der Waals surface area contributed by atoms with Crippen LogP contribution in [0.15, 0.2) is 128 Å². The molecule has 2 amide bonds. The second-order valence-electron chi connectivity index (χ2n) is 11.9. The molecule has 2 atom stereocenters. The third kappa shape index (κ3) is 7.25. The van der Waals surface area contributed by atoms with Crippen LogP contribution in [0.25, 0.3) is 21.8 Å². The summed E-state index contributed by atoms with van der Waals surface area (Å²) in [4.78, 5) is 42.2. The summed E-state index contributed by atoms with van der Waals surface area (Å²) in [5.41, 5.74) is 2.37. The van der Waals surface area contributed by atoms with Crippen molar-refractivity contribution in [2.45, 2.75) is 18.6 Å². The van der Waals surface area contributed by atoms with Crippen molar-refractivity contribution >= 4 is 68.8 Å². The van der Waals surface area contributed by atoms with Crippen LogP contribution in [0, 0.1) is 0 Å². The van der Waals surface area contributed by atoms with Crippen molar-refractivity contribution in [3.63, 3.8) is 0 Å². The van der Waals surface area contributed by atoms with E-state index >= 15 is 4.79 Å². The van der Waals surface area contributed by atoms with Crippen LogP contribution >= 0.6 is 34.8 Å². The smallest absolute Gasteiger partial charge is 0.416 e. The fourth-order valence-corrected chi connectivity index (χ4v) is 7.08. The second-order valence-corrected chi connectivity index (χ2v) is 13.1. The number of ether oxygens (including phenoxy) is 1. The van der Waals surface area contributed by atoms with Gasteiger partial charge in [-0.15, -0.1) is 0 Å². The minimum atomic E-state index is -1.36. The van der Waals surface area contributed by atoms with E-state index in [1.54, 1.807) is 79.0 Å². The number of pyridine rings is 3. The van der Waals surface area contributed by atoms with Crippen molar-refractivity contribution in [2.75, 3.05) is 0 Å². The number of aromatic nitrogens is 3. The fourth-order valence-electron chi connectivity index (χ4n) is 6.30. The normalized spacial score (nSPS) is 12.3. The lowest BCUT2D eigenvalue weighted by atomic mass is 9.96. The molecule has 3 aromatic heterocycles. The van der Waals surface area contributed by atoms with Crippen molar-refractivity contribution in [3.8, 4) is 11.5 Å². The highest BCUT2D eigenvalue weighted by molar-refractivity contribution is 6.36. The Kier molecular flexibility index (Phi) is 10.3. The molecule has 3 heterocycles. The Morgan fingerprint density at radius 2 is 1.32 bits per heavy atom. The number of hydrogen-bond acceptors (Lipinski definition) is 7. The van der Waals surface area contributed by atoms with Crippen LogP contribution < -0.4 is 10.1 Å². The molecule has 0 saturated carbocycles. The number of carbonyl (C=O) groups is 2. The van der Waals surface area contributed by atoms with Crippen molar-refractivity contribution in [1.82, 2.24) is 25.2 Å². The number of rotatable bonds is 9. The summed E-state index contributed by atoms with van der Waals surface area (Å²) in [5.74, 6) is -0.260. The first-order valence-electron chi connectivity index (χ1n) is 16.2. The molecule has 13 heteroatoms. The number of phenols is 1. The first-order chi connectivity index (χ1) is 25.7. The molecule has 7 rings (SSSR count). The van der Waals surface area contributed by atoms with E-state index in [0.29, 0.717) is 27.1 Å². The molecule has 0 aliphatic carbocycles. The van der Waals surface area contributed by atoms with Gasteiger partial charge < -0.3 is 20.3 Å². The van der Waals surface area contributed by atoms with Gasteiger partial charge in [0.2, 0.25) is 0 Å². The number of amides is 2. The minimum absolute atomic E-state index is 0.0200. The van der Waals surface area contributed by atoms with Crippen LogP contribution in [0.5, 0.6) is 11.5 Å². The molecule has 0 bridgehead atoms. The van der Waals surface area contributed by atoms with Gasteiger partial charge in [-0.05, 0) is 65.7 Å². The van der Waals surface area contributed by atoms with E-state index in [0.717, 1.165) is 5.56 Å². The summed E-state index contributed by atoms with van der Waals surface area (Å²) in [6.45, 7) is -0.0200. The number of fused-ring (bicyclic) bond motifs is 2. The molecule has 0 radical (unpaired) electrons. The first-order valence-corrected chi connectivity index (χ1v) is 17.3. The van der Waals surface area contributed by atoms with Gasteiger partial charge in [-0.2, -0.15) is 0 Å². The van der Waals surface area contributed by atoms with Crippen molar-refractivity contribution in [1.29, 1.82) is 0 Å². The van der Waals surface area contributed by atoms with Gasteiger partial charge in [0, 0.05) is 45.5 Å². The maximum Gasteiger partial charge on any atom is 0.416 e. The zero-order valence-electron chi connectivity index (χ0n) is 27.5. The molecule has 0 saturated heterocycles. The van der Waals surface area contributed by atoms with E-state index in [1.165, 1.54) is 23.4 Å². The predicted molar refractivity (Wildman–Crippen MR) is 204 cm³/mol.